The van der Waals surface area contributed by atoms with Crippen LogP contribution in [0.4, 0.5) is 5.69 Å². The highest BCUT2D eigenvalue weighted by molar-refractivity contribution is 5.92. The van der Waals surface area contributed by atoms with E-state index in [1.165, 1.54) is 17.1 Å². The lowest BCUT2D eigenvalue weighted by atomic mass is 9.85. The highest BCUT2D eigenvalue weighted by Crippen LogP contribution is 2.24. The summed E-state index contributed by atoms with van der Waals surface area (Å²) >= 11 is 0. The Bertz CT molecular complexity index is 471. The molecule has 0 saturated heterocycles. The Labute approximate surface area is 110 Å². The van der Waals surface area contributed by atoms with Gasteiger partial charge in [0, 0.05) is 18.2 Å². The van der Waals surface area contributed by atoms with Crippen LogP contribution in [0.5, 0.6) is 0 Å². The van der Waals surface area contributed by atoms with Gasteiger partial charge in [-0.2, -0.15) is 5.10 Å². The van der Waals surface area contributed by atoms with E-state index in [1.54, 1.807) is 0 Å². The van der Waals surface area contributed by atoms with Gasteiger partial charge in [0.05, 0.1) is 11.9 Å². The summed E-state index contributed by atoms with van der Waals surface area (Å²) in [5.41, 5.74) is 6.37. The van der Waals surface area contributed by atoms with Gasteiger partial charge in [-0.15, -0.1) is 0 Å². The van der Waals surface area contributed by atoms with E-state index in [1.807, 2.05) is 0 Å². The topological polar surface area (TPSA) is 110 Å². The number of amides is 1. The predicted octanol–water partition coefficient (Wildman–Crippen LogP) is 0.424. The van der Waals surface area contributed by atoms with Crippen LogP contribution in [0.3, 0.4) is 0 Å². The van der Waals surface area contributed by atoms with E-state index in [0.29, 0.717) is 12.1 Å². The molecule has 0 bridgehead atoms. The third kappa shape index (κ3) is 3.78. The summed E-state index contributed by atoms with van der Waals surface area (Å²) in [4.78, 5) is 22.5. The van der Waals surface area contributed by atoms with Crippen molar-refractivity contribution in [2.75, 3.05) is 5.32 Å². The zero-order chi connectivity index (χ0) is 13.8. The molecule has 7 heteroatoms. The highest BCUT2D eigenvalue weighted by atomic mass is 16.4. The molecule has 0 aliphatic heterocycles. The molecule has 0 spiro atoms. The molecule has 1 aromatic heterocycles. The largest absolute Gasteiger partial charge is 0.480 e. The Morgan fingerprint density at radius 1 is 1.53 bits per heavy atom. The van der Waals surface area contributed by atoms with Crippen molar-refractivity contribution in [2.24, 2.45) is 11.7 Å². The summed E-state index contributed by atoms with van der Waals surface area (Å²) in [7, 11) is 0. The molecule has 0 radical (unpaired) electrons. The molecule has 1 aromatic rings. The van der Waals surface area contributed by atoms with Gasteiger partial charge in [0.25, 0.3) is 0 Å². The fraction of sp³-hybridized carbons (Fsp3) is 0.583. The maximum absolute atomic E-state index is 12.0. The Morgan fingerprint density at radius 2 is 2.32 bits per heavy atom. The van der Waals surface area contributed by atoms with E-state index in [9.17, 15) is 9.59 Å². The summed E-state index contributed by atoms with van der Waals surface area (Å²) in [6.45, 7) is -0.218. The zero-order valence-corrected chi connectivity index (χ0v) is 10.6. The standard InChI is InChI=1S/C12H18N4O3/c13-9-3-1-2-8(4-9)12(19)15-10-5-14-16(6-10)7-11(17)18/h5-6,8-9H,1-4,7,13H2,(H,15,19)(H,17,18). The minimum absolute atomic E-state index is 0.0634. The summed E-state index contributed by atoms with van der Waals surface area (Å²) < 4.78 is 1.27. The number of nitrogens with one attached hydrogen (secondary N) is 1. The monoisotopic (exact) mass is 266 g/mol. The minimum atomic E-state index is -0.973. The molecule has 19 heavy (non-hydrogen) atoms. The van der Waals surface area contributed by atoms with Crippen molar-refractivity contribution in [3.8, 4) is 0 Å². The first kappa shape index (κ1) is 13.5. The van der Waals surface area contributed by atoms with Crippen LogP contribution in [-0.4, -0.2) is 32.8 Å². The van der Waals surface area contributed by atoms with E-state index in [4.69, 9.17) is 10.8 Å². The van der Waals surface area contributed by atoms with Crippen LogP contribution in [0, 0.1) is 5.92 Å². The number of hydrogen-bond acceptors (Lipinski definition) is 4. The predicted molar refractivity (Wildman–Crippen MR) is 68.4 cm³/mol. The van der Waals surface area contributed by atoms with E-state index < -0.39 is 5.97 Å². The van der Waals surface area contributed by atoms with Crippen LogP contribution in [0.1, 0.15) is 25.7 Å². The Balaban J connectivity index is 1.91. The van der Waals surface area contributed by atoms with Gasteiger partial charge in [-0.25, -0.2) is 0 Å². The van der Waals surface area contributed by atoms with Crippen LogP contribution in [0.25, 0.3) is 0 Å². The number of anilines is 1. The Kier molecular flexibility index (Phi) is 4.16. The lowest BCUT2D eigenvalue weighted by molar-refractivity contribution is -0.137. The molecule has 2 atom stereocenters. The summed E-state index contributed by atoms with van der Waals surface area (Å²) in [5.74, 6) is -1.10. The first-order valence-electron chi connectivity index (χ1n) is 6.35. The van der Waals surface area contributed by atoms with Gasteiger partial charge in [-0.1, -0.05) is 6.42 Å². The van der Waals surface area contributed by atoms with Crippen LogP contribution >= 0.6 is 0 Å². The molecule has 104 valence electrons. The quantitative estimate of drug-likeness (QED) is 0.731. The van der Waals surface area contributed by atoms with Crippen molar-refractivity contribution in [2.45, 2.75) is 38.3 Å². The average Bonchev–Trinajstić information content (AvgIpc) is 2.75. The zero-order valence-electron chi connectivity index (χ0n) is 10.6. The third-order valence-corrected chi connectivity index (χ3v) is 3.28. The molecule has 1 saturated carbocycles. The number of aromatic nitrogens is 2. The number of carbonyl (C=O) groups is 2. The number of rotatable bonds is 4. The molecule has 2 unspecified atom stereocenters. The van der Waals surface area contributed by atoms with Gasteiger partial charge in [-0.05, 0) is 19.3 Å². The van der Waals surface area contributed by atoms with Gasteiger partial charge >= 0.3 is 5.97 Å². The molecular weight excluding hydrogens is 248 g/mol. The minimum Gasteiger partial charge on any atom is -0.480 e. The second-order valence-corrected chi connectivity index (χ2v) is 4.93. The number of carboxylic acids is 1. The maximum atomic E-state index is 12.0. The van der Waals surface area contributed by atoms with Gasteiger partial charge < -0.3 is 16.2 Å². The van der Waals surface area contributed by atoms with Gasteiger partial charge in [0.2, 0.25) is 5.91 Å². The molecule has 1 fully saturated rings. The number of carbonyl (C=O) groups excluding carboxylic acids is 1. The fourth-order valence-electron chi connectivity index (χ4n) is 2.36. The van der Waals surface area contributed by atoms with Crippen LogP contribution in [0.15, 0.2) is 12.4 Å². The van der Waals surface area contributed by atoms with Crippen LogP contribution in [-0.2, 0) is 16.1 Å². The number of nitrogens with two attached hydrogens (primary N) is 1. The molecule has 1 amide bonds. The molecule has 1 heterocycles. The van der Waals surface area contributed by atoms with Crippen molar-refractivity contribution >= 4 is 17.6 Å². The van der Waals surface area contributed by atoms with Crippen molar-refractivity contribution in [1.29, 1.82) is 0 Å². The van der Waals surface area contributed by atoms with Gasteiger partial charge in [0.15, 0.2) is 0 Å². The number of nitrogens with zero attached hydrogens (tertiary/aromatic N) is 2. The van der Waals surface area contributed by atoms with E-state index in [-0.39, 0.29) is 24.4 Å². The molecule has 2 rings (SSSR count). The van der Waals surface area contributed by atoms with E-state index in [0.717, 1.165) is 19.3 Å². The van der Waals surface area contributed by atoms with Crippen molar-refractivity contribution in [1.82, 2.24) is 9.78 Å². The second-order valence-electron chi connectivity index (χ2n) is 4.93. The fourth-order valence-corrected chi connectivity index (χ4v) is 2.36. The number of aliphatic carboxylic acids is 1. The van der Waals surface area contributed by atoms with Crippen LogP contribution in [0.2, 0.25) is 0 Å². The highest BCUT2D eigenvalue weighted by Gasteiger charge is 2.25. The lowest BCUT2D eigenvalue weighted by Crippen LogP contribution is -2.34. The molecule has 1 aliphatic carbocycles. The summed E-state index contributed by atoms with van der Waals surface area (Å²) in [6.07, 6.45) is 6.45. The van der Waals surface area contributed by atoms with Crippen molar-refractivity contribution < 1.29 is 14.7 Å². The number of carboxylic acid groups (broad SMARTS) is 1. The molecule has 4 N–H and O–H groups in total. The molecule has 7 nitrogen and oxygen atoms in total. The molecule has 1 aliphatic rings. The first-order chi connectivity index (χ1) is 9.04. The Hall–Kier alpha value is -1.89. The van der Waals surface area contributed by atoms with Gasteiger partial charge in [0.1, 0.15) is 6.54 Å². The summed E-state index contributed by atoms with van der Waals surface area (Å²) in [6, 6.07) is 0.0965. The molecular formula is C12H18N4O3. The van der Waals surface area contributed by atoms with Gasteiger partial charge in [-0.3, -0.25) is 14.3 Å². The maximum Gasteiger partial charge on any atom is 0.325 e. The first-order valence-corrected chi connectivity index (χ1v) is 6.35. The lowest BCUT2D eigenvalue weighted by Gasteiger charge is -2.25. The van der Waals surface area contributed by atoms with Crippen molar-refractivity contribution in [3.63, 3.8) is 0 Å². The smallest absolute Gasteiger partial charge is 0.325 e. The van der Waals surface area contributed by atoms with E-state index in [2.05, 4.69) is 10.4 Å². The summed E-state index contributed by atoms with van der Waals surface area (Å²) in [5, 5.41) is 15.2. The normalized spacial score (nSPS) is 23.0. The van der Waals surface area contributed by atoms with Crippen molar-refractivity contribution in [3.05, 3.63) is 12.4 Å². The Morgan fingerprint density at radius 3 is 3.00 bits per heavy atom. The SMILES string of the molecule is NC1CCCC(C(=O)Nc2cnn(CC(=O)O)c2)C1. The molecule has 0 aromatic carbocycles. The average molecular weight is 266 g/mol. The second kappa shape index (κ2) is 5.83. The van der Waals surface area contributed by atoms with Crippen LogP contribution < -0.4 is 11.1 Å². The number of hydrogen-bond donors (Lipinski definition) is 3. The third-order valence-electron chi connectivity index (χ3n) is 3.28. The van der Waals surface area contributed by atoms with E-state index >= 15 is 0 Å².